The van der Waals surface area contributed by atoms with Gasteiger partial charge in [-0.3, -0.25) is 9.29 Å². The van der Waals surface area contributed by atoms with Gasteiger partial charge < -0.3 is 18.9 Å². The van der Waals surface area contributed by atoms with Crippen LogP contribution in [0.2, 0.25) is 5.02 Å². The van der Waals surface area contributed by atoms with E-state index < -0.39 is 21.4 Å². The zero-order chi connectivity index (χ0) is 36.1. The predicted molar refractivity (Wildman–Crippen MR) is 194 cm³/mol. The van der Waals surface area contributed by atoms with Crippen molar-refractivity contribution in [2.24, 2.45) is 0 Å². The number of methoxy groups -OCH3 is 4. The van der Waals surface area contributed by atoms with Crippen molar-refractivity contribution < 1.29 is 27.4 Å². The fourth-order valence-electron chi connectivity index (χ4n) is 5.54. The molecule has 0 aliphatic heterocycles. The minimum Gasteiger partial charge on any atom is -0.496 e. The largest absolute Gasteiger partial charge is 0.496 e. The lowest BCUT2D eigenvalue weighted by atomic mass is 9.99. The number of hydrogen-bond acceptors (Lipinski definition) is 11. The molecule has 0 fully saturated rings. The second-order valence-corrected chi connectivity index (χ2v) is 13.7. The number of anilines is 1. The highest BCUT2D eigenvalue weighted by molar-refractivity contribution is 7.93. The van der Waals surface area contributed by atoms with E-state index in [1.165, 1.54) is 33.5 Å². The standard InChI is InChI=1S/C36H34ClN7O6S/c1-22(33(50-5)34-38-20-26(37)21-39-34)51(45,46)43-36-42-41-35(28-8-6-11-31(40-28)49-4)44(36)27-18-16-24(17-19-27)23-12-14-25(15-13-23)32-29(47-2)9-7-10-30(32)48-3/h6-22,33H,1-5H3,(H,42,43)/t22-,33-/m1/s1. The molecule has 0 saturated carbocycles. The second-order valence-electron chi connectivity index (χ2n) is 11.2. The van der Waals surface area contributed by atoms with Gasteiger partial charge in [0.15, 0.2) is 11.6 Å². The molecule has 3 heterocycles. The molecule has 6 rings (SSSR count). The SMILES string of the molecule is COc1cccc(-c2nnc(NS(=O)(=O)[C@H](C)[C@@H](OC)c3ncc(Cl)cn3)n2-c2ccc(-c3ccc(-c4c(OC)cccc4OC)cc3)cc2)n1. The molecule has 13 nitrogen and oxygen atoms in total. The highest BCUT2D eigenvalue weighted by atomic mass is 35.5. The monoisotopic (exact) mass is 727 g/mol. The van der Waals surface area contributed by atoms with Crippen molar-refractivity contribution in [3.8, 4) is 56.8 Å². The fourth-order valence-corrected chi connectivity index (χ4v) is 6.77. The molecule has 0 aliphatic rings. The van der Waals surface area contributed by atoms with Crippen molar-refractivity contribution in [3.05, 3.63) is 108 Å². The summed E-state index contributed by atoms with van der Waals surface area (Å²) in [7, 11) is 1.99. The number of sulfonamides is 1. The Morgan fingerprint density at radius 3 is 1.92 bits per heavy atom. The van der Waals surface area contributed by atoms with Gasteiger partial charge in [0.2, 0.25) is 21.9 Å². The van der Waals surface area contributed by atoms with E-state index in [1.807, 2.05) is 66.7 Å². The van der Waals surface area contributed by atoms with E-state index in [9.17, 15) is 8.42 Å². The summed E-state index contributed by atoms with van der Waals surface area (Å²) in [5, 5.41) is 7.75. The van der Waals surface area contributed by atoms with Crippen LogP contribution < -0.4 is 18.9 Å². The lowest BCUT2D eigenvalue weighted by Crippen LogP contribution is -2.33. The Labute approximate surface area is 300 Å². The normalized spacial score (nSPS) is 12.6. The molecule has 0 amide bonds. The van der Waals surface area contributed by atoms with Crippen molar-refractivity contribution in [1.29, 1.82) is 0 Å². The van der Waals surface area contributed by atoms with Crippen LogP contribution in [0.15, 0.2) is 97.3 Å². The average Bonchev–Trinajstić information content (AvgIpc) is 3.58. The Hall–Kier alpha value is -5.57. The summed E-state index contributed by atoms with van der Waals surface area (Å²) in [6.07, 6.45) is 1.75. The third-order valence-electron chi connectivity index (χ3n) is 8.18. The van der Waals surface area contributed by atoms with Crippen LogP contribution in [0.3, 0.4) is 0 Å². The molecule has 0 radical (unpaired) electrons. The number of aromatic nitrogens is 6. The number of nitrogens with zero attached hydrogens (tertiary/aromatic N) is 6. The van der Waals surface area contributed by atoms with Gasteiger partial charge >= 0.3 is 0 Å². The van der Waals surface area contributed by atoms with E-state index in [1.54, 1.807) is 37.0 Å². The number of halogens is 1. The summed E-state index contributed by atoms with van der Waals surface area (Å²) in [5.41, 5.74) is 4.67. The molecule has 0 aliphatic carbocycles. The molecule has 3 aromatic heterocycles. The summed E-state index contributed by atoms with van der Waals surface area (Å²) < 4.78 is 53.8. The van der Waals surface area contributed by atoms with Crippen molar-refractivity contribution in [2.75, 3.05) is 33.2 Å². The molecular weight excluding hydrogens is 694 g/mol. The van der Waals surface area contributed by atoms with E-state index >= 15 is 0 Å². The smallest absolute Gasteiger partial charge is 0.243 e. The number of benzene rings is 3. The van der Waals surface area contributed by atoms with E-state index in [-0.39, 0.29) is 17.6 Å². The number of rotatable bonds is 13. The molecule has 0 spiro atoms. The Morgan fingerprint density at radius 1 is 0.745 bits per heavy atom. The van der Waals surface area contributed by atoms with E-state index in [0.29, 0.717) is 33.8 Å². The lowest BCUT2D eigenvalue weighted by Gasteiger charge is -2.22. The third kappa shape index (κ3) is 7.33. The Balaban J connectivity index is 1.35. The van der Waals surface area contributed by atoms with Crippen molar-refractivity contribution in [2.45, 2.75) is 18.3 Å². The third-order valence-corrected chi connectivity index (χ3v) is 10.1. The second kappa shape index (κ2) is 15.1. The van der Waals surface area contributed by atoms with Crippen LogP contribution in [0.1, 0.15) is 18.9 Å². The molecule has 3 aromatic carbocycles. The highest BCUT2D eigenvalue weighted by Gasteiger charge is 2.34. The minimum absolute atomic E-state index is 0.0591. The summed E-state index contributed by atoms with van der Waals surface area (Å²) >= 11 is 5.94. The molecule has 2 atom stereocenters. The van der Waals surface area contributed by atoms with Gasteiger partial charge in [-0.2, -0.15) is 0 Å². The topological polar surface area (TPSA) is 152 Å². The number of nitrogens with one attached hydrogen (secondary N) is 1. The lowest BCUT2D eigenvalue weighted by molar-refractivity contribution is 0.0950. The first-order valence-corrected chi connectivity index (χ1v) is 17.5. The predicted octanol–water partition coefficient (Wildman–Crippen LogP) is 6.65. The zero-order valence-corrected chi connectivity index (χ0v) is 29.9. The van der Waals surface area contributed by atoms with Crippen molar-refractivity contribution >= 4 is 27.6 Å². The number of hydrogen-bond donors (Lipinski definition) is 1. The minimum atomic E-state index is -4.16. The fraction of sp³-hybridized carbons (Fsp3) is 0.194. The van der Waals surface area contributed by atoms with E-state index in [2.05, 4.69) is 29.9 Å². The van der Waals surface area contributed by atoms with Gasteiger partial charge in [-0.05, 0) is 53.9 Å². The van der Waals surface area contributed by atoms with Crippen LogP contribution in [0.4, 0.5) is 5.95 Å². The first-order chi connectivity index (χ1) is 24.7. The van der Waals surface area contributed by atoms with Gasteiger partial charge in [0, 0.05) is 25.6 Å². The highest BCUT2D eigenvalue weighted by Crippen LogP contribution is 2.39. The van der Waals surface area contributed by atoms with Crippen LogP contribution in [-0.2, 0) is 14.8 Å². The van der Waals surface area contributed by atoms with Crippen molar-refractivity contribution in [1.82, 2.24) is 29.7 Å². The zero-order valence-electron chi connectivity index (χ0n) is 28.3. The molecule has 0 bridgehead atoms. The van der Waals surface area contributed by atoms with Crippen LogP contribution in [0, 0.1) is 0 Å². The summed E-state index contributed by atoms with van der Waals surface area (Å²) in [5.74, 6) is 2.15. The molecule has 1 N–H and O–H groups in total. The summed E-state index contributed by atoms with van der Waals surface area (Å²) in [6, 6.07) is 26.4. The van der Waals surface area contributed by atoms with Gasteiger partial charge in [-0.15, -0.1) is 10.2 Å². The maximum Gasteiger partial charge on any atom is 0.243 e. The first kappa shape index (κ1) is 35.3. The Kier molecular flexibility index (Phi) is 10.5. The first-order valence-electron chi connectivity index (χ1n) is 15.6. The molecule has 51 heavy (non-hydrogen) atoms. The van der Waals surface area contributed by atoms with Gasteiger partial charge in [-0.1, -0.05) is 60.1 Å². The molecule has 0 saturated heterocycles. The van der Waals surface area contributed by atoms with Crippen LogP contribution >= 0.6 is 11.6 Å². The van der Waals surface area contributed by atoms with Crippen LogP contribution in [0.25, 0.3) is 39.5 Å². The number of pyridine rings is 1. The Bertz CT molecular complexity index is 2210. The quantitative estimate of drug-likeness (QED) is 0.136. The average molecular weight is 728 g/mol. The molecule has 262 valence electrons. The maximum absolute atomic E-state index is 13.8. The summed E-state index contributed by atoms with van der Waals surface area (Å²) in [4.78, 5) is 12.8. The van der Waals surface area contributed by atoms with Gasteiger partial charge in [0.1, 0.15) is 28.5 Å². The summed E-state index contributed by atoms with van der Waals surface area (Å²) in [6.45, 7) is 1.49. The molecular formula is C36H34ClN7O6S. The molecule has 15 heteroatoms. The van der Waals surface area contributed by atoms with E-state index in [0.717, 1.165) is 22.3 Å². The molecule has 6 aromatic rings. The van der Waals surface area contributed by atoms with Crippen molar-refractivity contribution in [3.63, 3.8) is 0 Å². The maximum atomic E-state index is 13.8. The van der Waals surface area contributed by atoms with Gasteiger partial charge in [0.25, 0.3) is 0 Å². The Morgan fingerprint density at radius 2 is 1.33 bits per heavy atom. The van der Waals surface area contributed by atoms with Crippen LogP contribution in [0.5, 0.6) is 17.4 Å². The molecule has 0 unspecified atom stereocenters. The van der Waals surface area contributed by atoms with Crippen LogP contribution in [-0.4, -0.2) is 71.8 Å². The van der Waals surface area contributed by atoms with Gasteiger partial charge in [0.05, 0.1) is 37.6 Å². The number of ether oxygens (including phenoxy) is 4. The van der Waals surface area contributed by atoms with E-state index in [4.69, 9.17) is 30.5 Å². The van der Waals surface area contributed by atoms with Gasteiger partial charge in [-0.25, -0.2) is 23.4 Å².